The van der Waals surface area contributed by atoms with Crippen LogP contribution >= 0.6 is 0 Å². The number of halogens is 2. The second-order valence-corrected chi connectivity index (χ2v) is 4.62. The lowest BCUT2D eigenvalue weighted by molar-refractivity contribution is 0.317. The van der Waals surface area contributed by atoms with Gasteiger partial charge in [-0.3, -0.25) is 0 Å². The third-order valence-electron chi connectivity index (χ3n) is 2.88. The molecule has 2 rings (SSSR count). The number of ether oxygens (including phenoxy) is 1. The van der Waals surface area contributed by atoms with Gasteiger partial charge in [0.2, 0.25) is 0 Å². The molecule has 0 aliphatic heterocycles. The summed E-state index contributed by atoms with van der Waals surface area (Å²) in [6.07, 6.45) is 0.214. The Morgan fingerprint density at radius 2 is 1.53 bits per heavy atom. The minimum atomic E-state index is -0.524. The SMILES string of the molecule is Cc1cc(C)cc(OCCc2c(F)cccc2F)c1. The molecule has 0 saturated heterocycles. The minimum Gasteiger partial charge on any atom is -0.493 e. The van der Waals surface area contributed by atoms with E-state index in [1.54, 1.807) is 0 Å². The van der Waals surface area contributed by atoms with Crippen molar-refractivity contribution < 1.29 is 13.5 Å². The number of benzene rings is 2. The van der Waals surface area contributed by atoms with E-state index >= 15 is 0 Å². The van der Waals surface area contributed by atoms with Crippen LogP contribution in [0.25, 0.3) is 0 Å². The number of hydrogen-bond donors (Lipinski definition) is 0. The highest BCUT2D eigenvalue weighted by atomic mass is 19.1. The van der Waals surface area contributed by atoms with Crippen LogP contribution in [-0.4, -0.2) is 6.61 Å². The molecular weight excluding hydrogens is 246 g/mol. The Bertz CT molecular complexity index is 538. The van der Waals surface area contributed by atoms with Crippen LogP contribution in [0.4, 0.5) is 8.78 Å². The van der Waals surface area contributed by atoms with Gasteiger partial charge in [-0.05, 0) is 49.2 Å². The van der Waals surface area contributed by atoms with Gasteiger partial charge in [0.25, 0.3) is 0 Å². The van der Waals surface area contributed by atoms with Crippen molar-refractivity contribution in [1.29, 1.82) is 0 Å². The molecule has 0 aliphatic carbocycles. The summed E-state index contributed by atoms with van der Waals surface area (Å²) < 4.78 is 32.4. The highest BCUT2D eigenvalue weighted by Gasteiger charge is 2.08. The van der Waals surface area contributed by atoms with Gasteiger partial charge in [-0.15, -0.1) is 0 Å². The summed E-state index contributed by atoms with van der Waals surface area (Å²) in [6, 6.07) is 9.74. The highest BCUT2D eigenvalue weighted by molar-refractivity contribution is 5.33. The van der Waals surface area contributed by atoms with E-state index in [1.807, 2.05) is 32.0 Å². The van der Waals surface area contributed by atoms with Gasteiger partial charge >= 0.3 is 0 Å². The predicted octanol–water partition coefficient (Wildman–Crippen LogP) is 4.20. The van der Waals surface area contributed by atoms with Crippen molar-refractivity contribution >= 4 is 0 Å². The number of aryl methyl sites for hydroxylation is 2. The molecule has 0 atom stereocenters. The molecule has 1 nitrogen and oxygen atoms in total. The van der Waals surface area contributed by atoms with E-state index in [0.717, 1.165) is 16.9 Å². The third-order valence-corrected chi connectivity index (χ3v) is 2.88. The molecule has 0 radical (unpaired) electrons. The largest absolute Gasteiger partial charge is 0.493 e. The molecule has 0 aromatic heterocycles. The van der Waals surface area contributed by atoms with Crippen molar-refractivity contribution in [3.8, 4) is 5.75 Å². The maximum absolute atomic E-state index is 13.4. The van der Waals surface area contributed by atoms with Crippen LogP contribution in [-0.2, 0) is 6.42 Å². The lowest BCUT2D eigenvalue weighted by Gasteiger charge is -2.09. The maximum atomic E-state index is 13.4. The summed E-state index contributed by atoms with van der Waals surface area (Å²) >= 11 is 0. The van der Waals surface area contributed by atoms with Gasteiger partial charge in [0.05, 0.1) is 6.61 Å². The Hall–Kier alpha value is -1.90. The van der Waals surface area contributed by atoms with Crippen molar-refractivity contribution in [2.45, 2.75) is 20.3 Å². The quantitative estimate of drug-likeness (QED) is 0.802. The molecule has 0 amide bonds. The Balaban J connectivity index is 2.00. The molecule has 3 heteroatoms. The first kappa shape index (κ1) is 13.5. The summed E-state index contributed by atoms with van der Waals surface area (Å²) in [6.45, 7) is 4.22. The third kappa shape index (κ3) is 3.53. The fourth-order valence-electron chi connectivity index (χ4n) is 2.06. The standard InChI is InChI=1S/C16H16F2O/c1-11-8-12(2)10-13(9-11)19-7-6-14-15(17)4-3-5-16(14)18/h3-5,8-10H,6-7H2,1-2H3. The Morgan fingerprint density at radius 3 is 2.11 bits per heavy atom. The van der Waals surface area contributed by atoms with Gasteiger partial charge in [-0.2, -0.15) is 0 Å². The van der Waals surface area contributed by atoms with Gasteiger partial charge in [0.15, 0.2) is 0 Å². The van der Waals surface area contributed by atoms with E-state index in [0.29, 0.717) is 0 Å². The summed E-state index contributed by atoms with van der Waals surface area (Å²) in [5.74, 6) is -0.317. The van der Waals surface area contributed by atoms with Crippen molar-refractivity contribution in [3.63, 3.8) is 0 Å². The molecule has 0 fully saturated rings. The highest BCUT2D eigenvalue weighted by Crippen LogP contribution is 2.17. The molecule has 0 N–H and O–H groups in total. The van der Waals surface area contributed by atoms with Gasteiger partial charge in [-0.25, -0.2) is 8.78 Å². The maximum Gasteiger partial charge on any atom is 0.129 e. The molecule has 0 saturated carbocycles. The van der Waals surface area contributed by atoms with E-state index in [1.165, 1.54) is 18.2 Å². The molecule has 2 aromatic carbocycles. The second-order valence-electron chi connectivity index (χ2n) is 4.62. The van der Waals surface area contributed by atoms with Crippen molar-refractivity contribution in [1.82, 2.24) is 0 Å². The zero-order chi connectivity index (χ0) is 13.8. The molecule has 0 heterocycles. The van der Waals surface area contributed by atoms with Gasteiger partial charge in [0, 0.05) is 12.0 Å². The molecule has 0 aliphatic rings. The molecule has 0 bridgehead atoms. The van der Waals surface area contributed by atoms with E-state index in [4.69, 9.17) is 4.74 Å². The van der Waals surface area contributed by atoms with Crippen molar-refractivity contribution in [2.24, 2.45) is 0 Å². The Kier molecular flexibility index (Phi) is 4.15. The molecule has 0 spiro atoms. The zero-order valence-corrected chi connectivity index (χ0v) is 11.0. The van der Waals surface area contributed by atoms with Crippen LogP contribution in [0.2, 0.25) is 0 Å². The molecule has 0 unspecified atom stereocenters. The summed E-state index contributed by atoms with van der Waals surface area (Å²) in [7, 11) is 0. The lowest BCUT2D eigenvalue weighted by Crippen LogP contribution is -2.05. The van der Waals surface area contributed by atoms with E-state index in [9.17, 15) is 8.78 Å². The van der Waals surface area contributed by atoms with Gasteiger partial charge < -0.3 is 4.74 Å². The fourth-order valence-corrected chi connectivity index (χ4v) is 2.06. The van der Waals surface area contributed by atoms with Crippen LogP contribution in [0.15, 0.2) is 36.4 Å². The van der Waals surface area contributed by atoms with Crippen molar-refractivity contribution in [2.75, 3.05) is 6.61 Å². The molecule has 100 valence electrons. The number of hydrogen-bond acceptors (Lipinski definition) is 1. The molecule has 2 aromatic rings. The van der Waals surface area contributed by atoms with E-state index in [2.05, 4.69) is 0 Å². The Morgan fingerprint density at radius 1 is 0.947 bits per heavy atom. The topological polar surface area (TPSA) is 9.23 Å². The van der Waals surface area contributed by atoms with E-state index < -0.39 is 11.6 Å². The normalized spacial score (nSPS) is 10.5. The predicted molar refractivity (Wildman–Crippen MR) is 71.5 cm³/mol. The van der Waals surface area contributed by atoms with Gasteiger partial charge in [-0.1, -0.05) is 12.1 Å². The summed E-state index contributed by atoms with van der Waals surface area (Å²) in [5.41, 5.74) is 2.28. The first-order chi connectivity index (χ1) is 9.06. The summed E-state index contributed by atoms with van der Waals surface area (Å²) in [5, 5.41) is 0. The van der Waals surface area contributed by atoms with Crippen LogP contribution in [0.5, 0.6) is 5.75 Å². The minimum absolute atomic E-state index is 0.0758. The zero-order valence-electron chi connectivity index (χ0n) is 11.0. The average Bonchev–Trinajstić information content (AvgIpc) is 2.32. The van der Waals surface area contributed by atoms with Crippen LogP contribution < -0.4 is 4.74 Å². The molecule has 19 heavy (non-hydrogen) atoms. The lowest BCUT2D eigenvalue weighted by atomic mass is 10.1. The monoisotopic (exact) mass is 262 g/mol. The first-order valence-corrected chi connectivity index (χ1v) is 6.20. The van der Waals surface area contributed by atoms with Crippen LogP contribution in [0.1, 0.15) is 16.7 Å². The second kappa shape index (κ2) is 5.83. The van der Waals surface area contributed by atoms with Gasteiger partial charge in [0.1, 0.15) is 17.4 Å². The fraction of sp³-hybridized carbons (Fsp3) is 0.250. The van der Waals surface area contributed by atoms with Crippen molar-refractivity contribution in [3.05, 3.63) is 64.7 Å². The van der Waals surface area contributed by atoms with Crippen LogP contribution in [0, 0.1) is 25.5 Å². The average molecular weight is 262 g/mol. The summed E-state index contributed by atoms with van der Waals surface area (Å²) in [4.78, 5) is 0. The van der Waals surface area contributed by atoms with Crippen LogP contribution in [0.3, 0.4) is 0 Å². The van der Waals surface area contributed by atoms with E-state index in [-0.39, 0.29) is 18.6 Å². The molecular formula is C16H16F2O. The smallest absolute Gasteiger partial charge is 0.129 e. The number of rotatable bonds is 4. The Labute approximate surface area is 111 Å². The first-order valence-electron chi connectivity index (χ1n) is 6.20.